The van der Waals surface area contributed by atoms with Gasteiger partial charge in [0, 0.05) is 31.9 Å². The number of aromatic nitrogens is 2. The van der Waals surface area contributed by atoms with E-state index in [9.17, 15) is 0 Å². The van der Waals surface area contributed by atoms with Gasteiger partial charge in [-0.3, -0.25) is 0 Å². The first-order chi connectivity index (χ1) is 8.40. The van der Waals surface area contributed by atoms with Crippen molar-refractivity contribution in [2.45, 2.75) is 32.9 Å². The molecule has 0 fully saturated rings. The quantitative estimate of drug-likeness (QED) is 0.746. The van der Waals surface area contributed by atoms with Gasteiger partial charge in [0.25, 0.3) is 0 Å². The number of furan rings is 1. The highest BCUT2D eigenvalue weighted by Gasteiger charge is 2.01. The third kappa shape index (κ3) is 3.46. The van der Waals surface area contributed by atoms with Gasteiger partial charge >= 0.3 is 0 Å². The molecule has 0 saturated carbocycles. The third-order valence-electron chi connectivity index (χ3n) is 2.68. The van der Waals surface area contributed by atoms with Crippen LogP contribution in [0, 0.1) is 0 Å². The zero-order valence-electron chi connectivity index (χ0n) is 10.2. The van der Waals surface area contributed by atoms with Crippen molar-refractivity contribution in [3.63, 3.8) is 0 Å². The number of hydrogen-bond donors (Lipinski definition) is 1. The molecule has 0 aromatic carbocycles. The van der Waals surface area contributed by atoms with Gasteiger partial charge in [-0.05, 0) is 18.6 Å². The average Bonchev–Trinajstić information content (AvgIpc) is 2.96. The Hall–Kier alpha value is -1.55. The lowest BCUT2D eigenvalue weighted by atomic mass is 10.3. The van der Waals surface area contributed by atoms with E-state index in [0.29, 0.717) is 0 Å². The van der Waals surface area contributed by atoms with Crippen LogP contribution in [0.2, 0.25) is 0 Å². The van der Waals surface area contributed by atoms with E-state index in [4.69, 9.17) is 4.42 Å². The maximum Gasteiger partial charge on any atom is 0.122 e. The lowest BCUT2D eigenvalue weighted by Crippen LogP contribution is -2.19. The summed E-state index contributed by atoms with van der Waals surface area (Å²) in [6.45, 7) is 4.93. The average molecular weight is 233 g/mol. The zero-order valence-corrected chi connectivity index (χ0v) is 10.2. The van der Waals surface area contributed by atoms with Crippen LogP contribution < -0.4 is 5.32 Å². The fourth-order valence-electron chi connectivity index (χ4n) is 1.82. The van der Waals surface area contributed by atoms with Crippen LogP contribution in [-0.2, 0) is 19.5 Å². The monoisotopic (exact) mass is 233 g/mol. The van der Waals surface area contributed by atoms with Gasteiger partial charge in [-0.25, -0.2) is 4.98 Å². The van der Waals surface area contributed by atoms with Crippen LogP contribution in [0.15, 0.2) is 35.2 Å². The van der Waals surface area contributed by atoms with E-state index in [2.05, 4.69) is 21.8 Å². The Morgan fingerprint density at radius 2 is 2.41 bits per heavy atom. The summed E-state index contributed by atoms with van der Waals surface area (Å²) in [5, 5.41) is 3.38. The Morgan fingerprint density at radius 3 is 3.18 bits per heavy atom. The van der Waals surface area contributed by atoms with Gasteiger partial charge in [0.05, 0.1) is 12.8 Å². The molecule has 92 valence electrons. The van der Waals surface area contributed by atoms with E-state index >= 15 is 0 Å². The van der Waals surface area contributed by atoms with E-state index in [1.165, 1.54) is 0 Å². The number of rotatable bonds is 7. The summed E-state index contributed by atoms with van der Waals surface area (Å²) in [4.78, 5) is 4.35. The number of nitrogens with zero attached hydrogens (tertiary/aromatic N) is 2. The summed E-state index contributed by atoms with van der Waals surface area (Å²) in [5.74, 6) is 2.13. The molecule has 0 spiro atoms. The van der Waals surface area contributed by atoms with Crippen molar-refractivity contribution in [1.29, 1.82) is 0 Å². The van der Waals surface area contributed by atoms with Crippen LogP contribution in [0.5, 0.6) is 0 Å². The predicted octanol–water partition coefficient (Wildman–Crippen LogP) is 2.22. The first kappa shape index (κ1) is 11.9. The second kappa shape index (κ2) is 6.25. The Bertz CT molecular complexity index is 420. The molecule has 1 N–H and O–H groups in total. The van der Waals surface area contributed by atoms with Crippen molar-refractivity contribution >= 4 is 0 Å². The number of imidazole rings is 1. The molecular formula is C13H19N3O. The van der Waals surface area contributed by atoms with Gasteiger partial charge in [0.2, 0.25) is 0 Å². The van der Waals surface area contributed by atoms with Gasteiger partial charge in [0.1, 0.15) is 11.6 Å². The van der Waals surface area contributed by atoms with Crippen LogP contribution in [0.25, 0.3) is 0 Å². The summed E-state index contributed by atoms with van der Waals surface area (Å²) in [6.07, 6.45) is 7.66. The highest BCUT2D eigenvalue weighted by atomic mass is 16.3. The molecule has 0 bridgehead atoms. The van der Waals surface area contributed by atoms with Crippen LogP contribution in [-0.4, -0.2) is 16.1 Å². The summed E-state index contributed by atoms with van der Waals surface area (Å²) in [6, 6.07) is 3.92. The number of hydrogen-bond acceptors (Lipinski definition) is 3. The molecule has 0 aliphatic rings. The van der Waals surface area contributed by atoms with E-state index in [-0.39, 0.29) is 0 Å². The first-order valence-electron chi connectivity index (χ1n) is 6.13. The summed E-state index contributed by atoms with van der Waals surface area (Å²) >= 11 is 0. The molecular weight excluding hydrogens is 214 g/mol. The summed E-state index contributed by atoms with van der Waals surface area (Å²) in [7, 11) is 0. The molecule has 0 aliphatic heterocycles. The van der Waals surface area contributed by atoms with E-state index in [1.54, 1.807) is 6.26 Å². The normalized spacial score (nSPS) is 10.9. The van der Waals surface area contributed by atoms with Crippen molar-refractivity contribution < 1.29 is 4.42 Å². The molecule has 0 unspecified atom stereocenters. The van der Waals surface area contributed by atoms with Gasteiger partial charge in [0.15, 0.2) is 0 Å². The van der Waals surface area contributed by atoms with E-state index in [1.807, 2.05) is 24.5 Å². The van der Waals surface area contributed by atoms with Crippen molar-refractivity contribution in [3.8, 4) is 0 Å². The highest BCUT2D eigenvalue weighted by Crippen LogP contribution is 2.01. The lowest BCUT2D eigenvalue weighted by molar-refractivity contribution is 0.495. The maximum atomic E-state index is 5.27. The molecule has 17 heavy (non-hydrogen) atoms. The fraction of sp³-hybridized carbons (Fsp3) is 0.462. The first-order valence-corrected chi connectivity index (χ1v) is 6.13. The minimum absolute atomic E-state index is 0.813. The second-order valence-corrected chi connectivity index (χ2v) is 4.04. The molecule has 0 radical (unpaired) electrons. The summed E-state index contributed by atoms with van der Waals surface area (Å²) in [5.41, 5.74) is 0. The third-order valence-corrected chi connectivity index (χ3v) is 2.68. The van der Waals surface area contributed by atoms with Crippen LogP contribution >= 0.6 is 0 Å². The molecule has 4 nitrogen and oxygen atoms in total. The van der Waals surface area contributed by atoms with Gasteiger partial charge in [-0.15, -0.1) is 0 Å². The second-order valence-electron chi connectivity index (χ2n) is 4.04. The molecule has 0 atom stereocenters. The van der Waals surface area contributed by atoms with Crippen molar-refractivity contribution in [2.75, 3.05) is 6.54 Å². The minimum Gasteiger partial charge on any atom is -0.469 e. The zero-order chi connectivity index (χ0) is 11.9. The minimum atomic E-state index is 0.813. The van der Waals surface area contributed by atoms with Crippen molar-refractivity contribution in [1.82, 2.24) is 14.9 Å². The van der Waals surface area contributed by atoms with E-state index in [0.717, 1.165) is 44.1 Å². The number of aryl methyl sites for hydroxylation is 1. The number of nitrogens with one attached hydrogen (secondary N) is 1. The molecule has 0 aliphatic carbocycles. The van der Waals surface area contributed by atoms with Gasteiger partial charge in [-0.2, -0.15) is 0 Å². The van der Waals surface area contributed by atoms with Gasteiger partial charge in [-0.1, -0.05) is 6.92 Å². The van der Waals surface area contributed by atoms with Crippen molar-refractivity contribution in [3.05, 3.63) is 42.4 Å². The summed E-state index contributed by atoms with van der Waals surface area (Å²) < 4.78 is 7.47. The molecule has 2 heterocycles. The SMILES string of the molecule is CCCn1ccnc1CNCCc1ccco1. The highest BCUT2D eigenvalue weighted by molar-refractivity contribution is 4.98. The largest absolute Gasteiger partial charge is 0.469 e. The molecule has 4 heteroatoms. The standard InChI is InChI=1S/C13H19N3O/c1-2-8-16-9-7-15-13(16)11-14-6-5-12-4-3-10-17-12/h3-4,7,9-10,14H,2,5-6,8,11H2,1H3. The molecule has 2 rings (SSSR count). The molecule has 0 amide bonds. The Morgan fingerprint density at radius 1 is 1.47 bits per heavy atom. The Kier molecular flexibility index (Phi) is 4.38. The Labute approximate surface area is 102 Å². The van der Waals surface area contributed by atoms with E-state index < -0.39 is 0 Å². The molecule has 2 aromatic rings. The van der Waals surface area contributed by atoms with Crippen LogP contribution in [0.3, 0.4) is 0 Å². The smallest absolute Gasteiger partial charge is 0.122 e. The van der Waals surface area contributed by atoms with Gasteiger partial charge < -0.3 is 14.3 Å². The van der Waals surface area contributed by atoms with Crippen molar-refractivity contribution in [2.24, 2.45) is 0 Å². The topological polar surface area (TPSA) is 43.0 Å². The van der Waals surface area contributed by atoms with Crippen LogP contribution in [0.4, 0.5) is 0 Å². The molecule has 2 aromatic heterocycles. The fourth-order valence-corrected chi connectivity index (χ4v) is 1.82. The predicted molar refractivity (Wildman–Crippen MR) is 66.6 cm³/mol. The molecule has 0 saturated heterocycles. The lowest BCUT2D eigenvalue weighted by Gasteiger charge is -2.07. The maximum absolute atomic E-state index is 5.27. The Balaban J connectivity index is 1.72. The van der Waals surface area contributed by atoms with Crippen LogP contribution in [0.1, 0.15) is 24.9 Å².